The summed E-state index contributed by atoms with van der Waals surface area (Å²) in [6.07, 6.45) is 0.400. The second-order valence-corrected chi connectivity index (χ2v) is 6.48. The van der Waals surface area contributed by atoms with Gasteiger partial charge in [-0.05, 0) is 61.2 Å². The van der Waals surface area contributed by atoms with Crippen LogP contribution in [0.5, 0.6) is 11.5 Å². The SMILES string of the molecule is CCc1ccc(O[C@H](C)C(=O)Nc2ccc(OCC(C)C)cc2)cc1. The number of rotatable bonds is 8. The number of carbonyl (C=O) groups is 1. The van der Waals surface area contributed by atoms with Crippen molar-refractivity contribution in [1.82, 2.24) is 0 Å². The Hall–Kier alpha value is -2.49. The minimum atomic E-state index is -0.579. The molecule has 134 valence electrons. The van der Waals surface area contributed by atoms with Crippen LogP contribution in [0, 0.1) is 5.92 Å². The van der Waals surface area contributed by atoms with Crippen LogP contribution in [0.1, 0.15) is 33.3 Å². The van der Waals surface area contributed by atoms with Crippen LogP contribution in [0.3, 0.4) is 0 Å². The van der Waals surface area contributed by atoms with Gasteiger partial charge in [-0.15, -0.1) is 0 Å². The third kappa shape index (κ3) is 6.14. The van der Waals surface area contributed by atoms with E-state index < -0.39 is 6.10 Å². The maximum Gasteiger partial charge on any atom is 0.265 e. The first-order valence-corrected chi connectivity index (χ1v) is 8.77. The van der Waals surface area contributed by atoms with E-state index in [2.05, 4.69) is 26.1 Å². The summed E-state index contributed by atoms with van der Waals surface area (Å²) in [6.45, 7) is 8.72. The average Bonchev–Trinajstić information content (AvgIpc) is 2.61. The van der Waals surface area contributed by atoms with Gasteiger partial charge in [-0.1, -0.05) is 32.9 Å². The lowest BCUT2D eigenvalue weighted by molar-refractivity contribution is -0.122. The van der Waals surface area contributed by atoms with Gasteiger partial charge in [0.1, 0.15) is 11.5 Å². The summed E-state index contributed by atoms with van der Waals surface area (Å²) in [5, 5.41) is 2.86. The Morgan fingerprint density at radius 1 is 0.960 bits per heavy atom. The molecule has 0 fully saturated rings. The van der Waals surface area contributed by atoms with Crippen molar-refractivity contribution in [3.8, 4) is 11.5 Å². The van der Waals surface area contributed by atoms with E-state index in [9.17, 15) is 4.79 Å². The molecule has 0 spiro atoms. The van der Waals surface area contributed by atoms with Gasteiger partial charge in [-0.3, -0.25) is 4.79 Å². The Labute approximate surface area is 150 Å². The molecule has 0 radical (unpaired) electrons. The highest BCUT2D eigenvalue weighted by Crippen LogP contribution is 2.18. The van der Waals surface area contributed by atoms with Gasteiger partial charge in [-0.25, -0.2) is 0 Å². The fourth-order valence-electron chi connectivity index (χ4n) is 2.20. The molecule has 0 aliphatic carbocycles. The van der Waals surface area contributed by atoms with E-state index in [1.165, 1.54) is 5.56 Å². The van der Waals surface area contributed by atoms with E-state index >= 15 is 0 Å². The molecule has 4 heteroatoms. The van der Waals surface area contributed by atoms with E-state index in [0.29, 0.717) is 18.3 Å². The highest BCUT2D eigenvalue weighted by molar-refractivity contribution is 5.94. The van der Waals surface area contributed by atoms with Gasteiger partial charge in [0.05, 0.1) is 6.61 Å². The topological polar surface area (TPSA) is 47.6 Å². The molecular weight excluding hydrogens is 314 g/mol. The third-order valence-electron chi connectivity index (χ3n) is 3.72. The Morgan fingerprint density at radius 3 is 2.12 bits per heavy atom. The molecule has 2 rings (SSSR count). The molecule has 0 aliphatic heterocycles. The molecule has 2 aromatic carbocycles. The van der Waals surface area contributed by atoms with Crippen LogP contribution < -0.4 is 14.8 Å². The van der Waals surface area contributed by atoms with E-state index in [4.69, 9.17) is 9.47 Å². The summed E-state index contributed by atoms with van der Waals surface area (Å²) < 4.78 is 11.3. The number of amides is 1. The van der Waals surface area contributed by atoms with Crippen molar-refractivity contribution in [2.45, 2.75) is 40.2 Å². The summed E-state index contributed by atoms with van der Waals surface area (Å²) in [7, 11) is 0. The molecule has 0 unspecified atom stereocenters. The van der Waals surface area contributed by atoms with Crippen LogP contribution in [-0.4, -0.2) is 18.6 Å². The maximum atomic E-state index is 12.3. The highest BCUT2D eigenvalue weighted by atomic mass is 16.5. The normalized spacial score (nSPS) is 11.9. The summed E-state index contributed by atoms with van der Waals surface area (Å²) in [5.41, 5.74) is 1.96. The molecule has 1 N–H and O–H groups in total. The lowest BCUT2D eigenvalue weighted by Gasteiger charge is -2.15. The molecule has 0 saturated carbocycles. The lowest BCUT2D eigenvalue weighted by Crippen LogP contribution is -2.30. The molecule has 0 saturated heterocycles. The van der Waals surface area contributed by atoms with Crippen molar-refractivity contribution in [3.05, 3.63) is 54.1 Å². The number of nitrogens with one attached hydrogen (secondary N) is 1. The van der Waals surface area contributed by atoms with Gasteiger partial charge in [0, 0.05) is 5.69 Å². The minimum Gasteiger partial charge on any atom is -0.493 e. The number of hydrogen-bond donors (Lipinski definition) is 1. The van der Waals surface area contributed by atoms with Gasteiger partial charge in [0.15, 0.2) is 6.10 Å². The zero-order chi connectivity index (χ0) is 18.2. The van der Waals surface area contributed by atoms with Crippen molar-refractivity contribution in [2.75, 3.05) is 11.9 Å². The standard InChI is InChI=1S/C21H27NO3/c1-5-17-6-10-20(11-7-17)25-16(4)21(23)22-18-8-12-19(13-9-18)24-14-15(2)3/h6-13,15-16H,5,14H2,1-4H3,(H,22,23)/t16-/m1/s1. The summed E-state index contributed by atoms with van der Waals surface area (Å²) in [5.74, 6) is 1.78. The van der Waals surface area contributed by atoms with Gasteiger partial charge in [0.2, 0.25) is 0 Å². The van der Waals surface area contributed by atoms with Gasteiger partial charge < -0.3 is 14.8 Å². The predicted molar refractivity (Wildman–Crippen MR) is 101 cm³/mol. The molecule has 1 atom stereocenters. The third-order valence-corrected chi connectivity index (χ3v) is 3.72. The first kappa shape index (κ1) is 18.8. The monoisotopic (exact) mass is 341 g/mol. The summed E-state index contributed by atoms with van der Waals surface area (Å²) in [6, 6.07) is 15.2. The Kier molecular flexibility index (Phi) is 6.87. The number of benzene rings is 2. The van der Waals surface area contributed by atoms with Gasteiger partial charge >= 0.3 is 0 Å². The lowest BCUT2D eigenvalue weighted by atomic mass is 10.2. The predicted octanol–water partition coefficient (Wildman–Crippen LogP) is 4.69. The van der Waals surface area contributed by atoms with E-state index in [0.717, 1.165) is 17.9 Å². The molecular formula is C21H27NO3. The van der Waals surface area contributed by atoms with Gasteiger partial charge in [-0.2, -0.15) is 0 Å². The molecule has 4 nitrogen and oxygen atoms in total. The van der Waals surface area contributed by atoms with Crippen molar-refractivity contribution < 1.29 is 14.3 Å². The van der Waals surface area contributed by atoms with Crippen LogP contribution in [0.15, 0.2) is 48.5 Å². The van der Waals surface area contributed by atoms with Crippen molar-refractivity contribution in [2.24, 2.45) is 5.92 Å². The highest BCUT2D eigenvalue weighted by Gasteiger charge is 2.15. The molecule has 0 aliphatic rings. The van der Waals surface area contributed by atoms with Crippen LogP contribution in [0.4, 0.5) is 5.69 Å². The molecule has 0 aromatic heterocycles. The van der Waals surface area contributed by atoms with Crippen LogP contribution in [-0.2, 0) is 11.2 Å². The van der Waals surface area contributed by atoms with Crippen molar-refractivity contribution in [3.63, 3.8) is 0 Å². The number of carbonyl (C=O) groups excluding carboxylic acids is 1. The van der Waals surface area contributed by atoms with Crippen LogP contribution in [0.2, 0.25) is 0 Å². The number of hydrogen-bond acceptors (Lipinski definition) is 3. The quantitative estimate of drug-likeness (QED) is 0.758. The average molecular weight is 341 g/mol. The summed E-state index contributed by atoms with van der Waals surface area (Å²) in [4.78, 5) is 12.3. The summed E-state index contributed by atoms with van der Waals surface area (Å²) >= 11 is 0. The number of aryl methyl sites for hydroxylation is 1. The first-order valence-electron chi connectivity index (χ1n) is 8.77. The van der Waals surface area contributed by atoms with E-state index in [-0.39, 0.29) is 5.91 Å². The molecule has 0 heterocycles. The fraction of sp³-hybridized carbons (Fsp3) is 0.381. The van der Waals surface area contributed by atoms with Crippen molar-refractivity contribution in [1.29, 1.82) is 0 Å². The zero-order valence-corrected chi connectivity index (χ0v) is 15.4. The van der Waals surface area contributed by atoms with E-state index in [1.54, 1.807) is 6.92 Å². The Bertz CT molecular complexity index is 663. The smallest absolute Gasteiger partial charge is 0.265 e. The fourth-order valence-corrected chi connectivity index (χ4v) is 2.20. The van der Waals surface area contributed by atoms with Gasteiger partial charge in [0.25, 0.3) is 5.91 Å². The maximum absolute atomic E-state index is 12.3. The number of ether oxygens (including phenoxy) is 2. The minimum absolute atomic E-state index is 0.185. The molecule has 1 amide bonds. The zero-order valence-electron chi connectivity index (χ0n) is 15.4. The van der Waals surface area contributed by atoms with Crippen LogP contribution in [0.25, 0.3) is 0 Å². The Morgan fingerprint density at radius 2 is 1.56 bits per heavy atom. The first-order chi connectivity index (χ1) is 12.0. The van der Waals surface area contributed by atoms with E-state index in [1.807, 2.05) is 48.5 Å². The Balaban J connectivity index is 1.87. The molecule has 2 aromatic rings. The molecule has 25 heavy (non-hydrogen) atoms. The second-order valence-electron chi connectivity index (χ2n) is 6.48. The largest absolute Gasteiger partial charge is 0.493 e. The molecule has 0 bridgehead atoms. The van der Waals surface area contributed by atoms with Crippen LogP contribution >= 0.6 is 0 Å². The number of anilines is 1. The van der Waals surface area contributed by atoms with Crippen molar-refractivity contribution >= 4 is 11.6 Å². The second kappa shape index (κ2) is 9.11.